The number of aryl methyl sites for hydroxylation is 1. The van der Waals surface area contributed by atoms with Gasteiger partial charge < -0.3 is 15.2 Å². The standard InChI is InChI=1S/C16H22ClNO2/c1-11-8-13(17)2-3-14(11)15(18)12-4-6-20-16(9-12)5-7-19-10-16/h2-3,8,12,15H,4-7,9-10,18H2,1H3. The first-order valence-electron chi connectivity index (χ1n) is 7.33. The van der Waals surface area contributed by atoms with Crippen LogP contribution in [0.25, 0.3) is 0 Å². The molecule has 3 rings (SSSR count). The summed E-state index contributed by atoms with van der Waals surface area (Å²) >= 11 is 6.03. The van der Waals surface area contributed by atoms with Gasteiger partial charge in [0.05, 0.1) is 12.2 Å². The summed E-state index contributed by atoms with van der Waals surface area (Å²) in [6.45, 7) is 4.39. The maximum Gasteiger partial charge on any atom is 0.0940 e. The quantitative estimate of drug-likeness (QED) is 0.911. The Bertz CT molecular complexity index is 485. The van der Waals surface area contributed by atoms with Crippen LogP contribution in [-0.4, -0.2) is 25.4 Å². The minimum absolute atomic E-state index is 0.0497. The predicted octanol–water partition coefficient (Wildman–Crippen LogP) is 3.23. The smallest absolute Gasteiger partial charge is 0.0940 e. The number of nitrogens with two attached hydrogens (primary N) is 1. The molecule has 20 heavy (non-hydrogen) atoms. The van der Waals surface area contributed by atoms with E-state index < -0.39 is 0 Å². The summed E-state index contributed by atoms with van der Waals surface area (Å²) in [5.41, 5.74) is 8.83. The number of hydrogen-bond acceptors (Lipinski definition) is 3. The largest absolute Gasteiger partial charge is 0.378 e. The van der Waals surface area contributed by atoms with Crippen molar-refractivity contribution in [3.8, 4) is 0 Å². The van der Waals surface area contributed by atoms with Crippen LogP contribution in [0.4, 0.5) is 0 Å². The molecule has 1 spiro atoms. The van der Waals surface area contributed by atoms with Crippen molar-refractivity contribution in [2.75, 3.05) is 19.8 Å². The summed E-state index contributed by atoms with van der Waals surface area (Å²) in [5.74, 6) is 0.449. The van der Waals surface area contributed by atoms with Gasteiger partial charge in [-0.1, -0.05) is 17.7 Å². The van der Waals surface area contributed by atoms with Gasteiger partial charge >= 0.3 is 0 Å². The fourth-order valence-corrected chi connectivity index (χ4v) is 3.73. The first-order valence-corrected chi connectivity index (χ1v) is 7.71. The second kappa shape index (κ2) is 5.64. The molecule has 0 amide bonds. The van der Waals surface area contributed by atoms with Crippen LogP contribution in [0.2, 0.25) is 5.02 Å². The zero-order chi connectivity index (χ0) is 14.2. The summed E-state index contributed by atoms with van der Waals surface area (Å²) < 4.78 is 11.5. The summed E-state index contributed by atoms with van der Waals surface area (Å²) in [5, 5.41) is 0.770. The molecule has 2 fully saturated rings. The van der Waals surface area contributed by atoms with E-state index in [-0.39, 0.29) is 11.6 Å². The SMILES string of the molecule is Cc1cc(Cl)ccc1C(N)C1CCOC2(CCOC2)C1. The molecule has 1 aromatic carbocycles. The van der Waals surface area contributed by atoms with E-state index in [1.807, 2.05) is 12.1 Å². The third-order valence-electron chi connectivity index (χ3n) is 4.70. The van der Waals surface area contributed by atoms with Gasteiger partial charge in [-0.15, -0.1) is 0 Å². The Morgan fingerprint density at radius 2 is 2.25 bits per heavy atom. The molecule has 0 saturated carbocycles. The van der Waals surface area contributed by atoms with Crippen LogP contribution >= 0.6 is 11.6 Å². The Morgan fingerprint density at radius 3 is 2.95 bits per heavy atom. The Morgan fingerprint density at radius 1 is 1.40 bits per heavy atom. The predicted molar refractivity (Wildman–Crippen MR) is 80.0 cm³/mol. The summed E-state index contributed by atoms with van der Waals surface area (Å²) in [4.78, 5) is 0. The van der Waals surface area contributed by atoms with Crippen molar-refractivity contribution in [2.24, 2.45) is 11.7 Å². The van der Waals surface area contributed by atoms with Crippen LogP contribution in [0.3, 0.4) is 0 Å². The van der Waals surface area contributed by atoms with Crippen LogP contribution in [-0.2, 0) is 9.47 Å². The van der Waals surface area contributed by atoms with Crippen molar-refractivity contribution in [2.45, 2.75) is 37.8 Å². The van der Waals surface area contributed by atoms with Gasteiger partial charge in [0, 0.05) is 30.7 Å². The Hall–Kier alpha value is -0.610. The van der Waals surface area contributed by atoms with Crippen molar-refractivity contribution in [1.82, 2.24) is 0 Å². The third-order valence-corrected chi connectivity index (χ3v) is 4.93. The van der Waals surface area contributed by atoms with Crippen LogP contribution in [0.1, 0.15) is 36.4 Å². The van der Waals surface area contributed by atoms with Crippen molar-refractivity contribution >= 4 is 11.6 Å². The van der Waals surface area contributed by atoms with Crippen LogP contribution in [0.15, 0.2) is 18.2 Å². The van der Waals surface area contributed by atoms with E-state index in [1.165, 1.54) is 11.1 Å². The number of ether oxygens (including phenoxy) is 2. The highest BCUT2D eigenvalue weighted by molar-refractivity contribution is 6.30. The Labute approximate surface area is 125 Å². The zero-order valence-electron chi connectivity index (χ0n) is 11.9. The maximum atomic E-state index is 6.53. The van der Waals surface area contributed by atoms with E-state index in [9.17, 15) is 0 Å². The summed E-state index contributed by atoms with van der Waals surface area (Å²) in [7, 11) is 0. The van der Waals surface area contributed by atoms with Gasteiger partial charge in [0.2, 0.25) is 0 Å². The molecule has 2 saturated heterocycles. The lowest BCUT2D eigenvalue weighted by Crippen LogP contribution is -2.43. The molecule has 4 heteroatoms. The fraction of sp³-hybridized carbons (Fsp3) is 0.625. The molecule has 0 aliphatic carbocycles. The second-order valence-electron chi connectivity index (χ2n) is 6.11. The fourth-order valence-electron chi connectivity index (χ4n) is 3.50. The molecular formula is C16H22ClNO2. The summed E-state index contributed by atoms with van der Waals surface area (Å²) in [6, 6.07) is 6.03. The molecule has 3 unspecified atom stereocenters. The van der Waals surface area contributed by atoms with Gasteiger partial charge in [-0.2, -0.15) is 0 Å². The summed E-state index contributed by atoms with van der Waals surface area (Å²) in [6.07, 6.45) is 3.01. The van der Waals surface area contributed by atoms with E-state index in [0.29, 0.717) is 5.92 Å². The van der Waals surface area contributed by atoms with E-state index in [1.54, 1.807) is 0 Å². The lowest BCUT2D eigenvalue weighted by molar-refractivity contribution is -0.101. The highest BCUT2D eigenvalue weighted by Crippen LogP contribution is 2.40. The molecule has 2 aliphatic heterocycles. The van der Waals surface area contributed by atoms with Crippen molar-refractivity contribution in [3.63, 3.8) is 0 Å². The number of hydrogen-bond donors (Lipinski definition) is 1. The van der Waals surface area contributed by atoms with E-state index >= 15 is 0 Å². The number of halogens is 1. The highest BCUT2D eigenvalue weighted by atomic mass is 35.5. The minimum Gasteiger partial charge on any atom is -0.378 e. The molecular weight excluding hydrogens is 274 g/mol. The maximum absolute atomic E-state index is 6.53. The van der Waals surface area contributed by atoms with Crippen LogP contribution < -0.4 is 5.73 Å². The first kappa shape index (κ1) is 14.3. The molecule has 110 valence electrons. The third kappa shape index (κ3) is 2.73. The number of rotatable bonds is 2. The van der Waals surface area contributed by atoms with Gasteiger partial charge in [-0.3, -0.25) is 0 Å². The molecule has 2 N–H and O–H groups in total. The zero-order valence-corrected chi connectivity index (χ0v) is 12.7. The normalized spacial score (nSPS) is 31.6. The second-order valence-corrected chi connectivity index (χ2v) is 6.55. The lowest BCUT2D eigenvalue weighted by atomic mass is 9.78. The van der Waals surface area contributed by atoms with E-state index in [0.717, 1.165) is 44.1 Å². The monoisotopic (exact) mass is 295 g/mol. The molecule has 0 aromatic heterocycles. The average Bonchev–Trinajstić information content (AvgIpc) is 2.86. The minimum atomic E-state index is -0.0825. The van der Waals surface area contributed by atoms with Crippen molar-refractivity contribution < 1.29 is 9.47 Å². The molecule has 3 nitrogen and oxygen atoms in total. The lowest BCUT2D eigenvalue weighted by Gasteiger charge is -2.39. The van der Waals surface area contributed by atoms with Gasteiger partial charge in [-0.05, 0) is 48.9 Å². The molecule has 0 bridgehead atoms. The molecule has 1 aromatic rings. The molecule has 3 atom stereocenters. The van der Waals surface area contributed by atoms with Gasteiger partial charge in [0.15, 0.2) is 0 Å². The Kier molecular flexibility index (Phi) is 4.04. The van der Waals surface area contributed by atoms with Gasteiger partial charge in [-0.25, -0.2) is 0 Å². The number of benzene rings is 1. The van der Waals surface area contributed by atoms with Crippen LogP contribution in [0.5, 0.6) is 0 Å². The molecule has 0 radical (unpaired) electrons. The molecule has 2 aliphatic rings. The van der Waals surface area contributed by atoms with Gasteiger partial charge in [0.25, 0.3) is 0 Å². The Balaban J connectivity index is 1.77. The molecule has 2 heterocycles. The first-order chi connectivity index (χ1) is 9.60. The van der Waals surface area contributed by atoms with Crippen LogP contribution in [0, 0.1) is 12.8 Å². The van der Waals surface area contributed by atoms with Crippen molar-refractivity contribution in [3.05, 3.63) is 34.3 Å². The van der Waals surface area contributed by atoms with E-state index in [4.69, 9.17) is 26.8 Å². The topological polar surface area (TPSA) is 44.5 Å². The van der Waals surface area contributed by atoms with Gasteiger partial charge in [0.1, 0.15) is 0 Å². The highest BCUT2D eigenvalue weighted by Gasteiger charge is 2.42. The average molecular weight is 296 g/mol. The van der Waals surface area contributed by atoms with E-state index in [2.05, 4.69) is 13.0 Å². The van der Waals surface area contributed by atoms with Crippen molar-refractivity contribution in [1.29, 1.82) is 0 Å².